The van der Waals surface area contributed by atoms with Gasteiger partial charge in [0.05, 0.1) is 21.1 Å². The van der Waals surface area contributed by atoms with E-state index in [4.69, 9.17) is 0 Å². The fourth-order valence-corrected chi connectivity index (χ4v) is 1.38. The second-order valence-electron chi connectivity index (χ2n) is 4.13. The van der Waals surface area contributed by atoms with Crippen LogP contribution in [-0.4, -0.2) is 48.7 Å². The SMILES string of the molecule is CN(C(=O)[O-])C(NC(=O)Nc1ccc(F)cc1)=[N+](C)C. The smallest absolute Gasteiger partial charge is 0.384 e. The molecule has 1 rings (SSSR count). The third kappa shape index (κ3) is 4.23. The van der Waals surface area contributed by atoms with E-state index >= 15 is 0 Å². The predicted octanol–water partition coefficient (Wildman–Crippen LogP) is -0.150. The van der Waals surface area contributed by atoms with Gasteiger partial charge in [-0.3, -0.25) is 9.89 Å². The van der Waals surface area contributed by atoms with Gasteiger partial charge in [0.25, 0.3) is 0 Å². The maximum absolute atomic E-state index is 12.7. The van der Waals surface area contributed by atoms with Gasteiger partial charge in [-0.25, -0.2) is 14.1 Å². The number of benzene rings is 1. The molecule has 7 nitrogen and oxygen atoms in total. The first-order valence-electron chi connectivity index (χ1n) is 5.64. The minimum Gasteiger partial charge on any atom is -0.517 e. The summed E-state index contributed by atoms with van der Waals surface area (Å²) >= 11 is 0. The molecule has 1 aromatic carbocycles. The van der Waals surface area contributed by atoms with Gasteiger partial charge in [-0.05, 0) is 24.3 Å². The van der Waals surface area contributed by atoms with Gasteiger partial charge in [-0.15, -0.1) is 0 Å². The van der Waals surface area contributed by atoms with Gasteiger partial charge in [0, 0.05) is 5.69 Å². The Bertz CT molecular complexity index is 538. The van der Waals surface area contributed by atoms with Gasteiger partial charge in [0.2, 0.25) is 6.09 Å². The van der Waals surface area contributed by atoms with Gasteiger partial charge >= 0.3 is 12.0 Å². The fourth-order valence-electron chi connectivity index (χ4n) is 1.38. The third-order valence-corrected chi connectivity index (χ3v) is 2.34. The van der Waals surface area contributed by atoms with Crippen molar-refractivity contribution in [2.75, 3.05) is 26.5 Å². The minimum absolute atomic E-state index is 0.0182. The third-order valence-electron chi connectivity index (χ3n) is 2.34. The average Bonchev–Trinajstić information content (AvgIpc) is 2.37. The van der Waals surface area contributed by atoms with Crippen molar-refractivity contribution < 1.29 is 23.7 Å². The summed E-state index contributed by atoms with van der Waals surface area (Å²) in [6.45, 7) is 0. The van der Waals surface area contributed by atoms with Crippen molar-refractivity contribution in [3.05, 3.63) is 30.1 Å². The standard InChI is InChI=1S/C12H15FN4O3/c1-16(2)11(17(3)12(19)20)15-10(18)14-9-6-4-8(13)5-7-9/h4-7H,1-3H3,(H2,14,18,19,20). The first-order chi connectivity index (χ1) is 9.31. The number of carbonyl (C=O) groups is 2. The number of carboxylic acid groups (broad SMARTS) is 1. The number of halogens is 1. The maximum atomic E-state index is 12.7. The van der Waals surface area contributed by atoms with E-state index in [2.05, 4.69) is 10.6 Å². The van der Waals surface area contributed by atoms with Crippen LogP contribution in [0.5, 0.6) is 0 Å². The highest BCUT2D eigenvalue weighted by molar-refractivity contribution is 6.03. The topological polar surface area (TPSA) is 87.5 Å². The maximum Gasteiger partial charge on any atom is 0.384 e. The van der Waals surface area contributed by atoms with Crippen LogP contribution in [0.2, 0.25) is 0 Å². The Balaban J connectivity index is 2.75. The van der Waals surface area contributed by atoms with Crippen LogP contribution in [0.1, 0.15) is 0 Å². The molecule has 0 aromatic heterocycles. The number of urea groups is 1. The quantitative estimate of drug-likeness (QED) is 0.426. The molecule has 8 heteroatoms. The van der Waals surface area contributed by atoms with Gasteiger partial charge < -0.3 is 9.90 Å². The molecule has 108 valence electrons. The van der Waals surface area contributed by atoms with E-state index in [0.717, 1.165) is 4.90 Å². The molecule has 0 radical (unpaired) electrons. The summed E-state index contributed by atoms with van der Waals surface area (Å²) in [7, 11) is 4.36. The fraction of sp³-hybridized carbons (Fsp3) is 0.250. The molecule has 0 saturated carbocycles. The van der Waals surface area contributed by atoms with Gasteiger partial charge in [-0.2, -0.15) is 5.32 Å². The van der Waals surface area contributed by atoms with Crippen molar-refractivity contribution in [1.82, 2.24) is 10.2 Å². The molecule has 0 heterocycles. The highest BCUT2D eigenvalue weighted by Crippen LogP contribution is 2.07. The van der Waals surface area contributed by atoms with Crippen LogP contribution in [-0.2, 0) is 0 Å². The number of hydrogen-bond donors (Lipinski definition) is 2. The van der Waals surface area contributed by atoms with Crippen LogP contribution in [0.4, 0.5) is 19.7 Å². The molecule has 20 heavy (non-hydrogen) atoms. The van der Waals surface area contributed by atoms with E-state index < -0.39 is 17.9 Å². The highest BCUT2D eigenvalue weighted by atomic mass is 19.1. The Morgan fingerprint density at radius 1 is 1.25 bits per heavy atom. The van der Waals surface area contributed by atoms with E-state index in [1.807, 2.05) is 0 Å². The molecule has 0 aliphatic rings. The zero-order valence-electron chi connectivity index (χ0n) is 11.3. The lowest BCUT2D eigenvalue weighted by molar-refractivity contribution is -0.471. The van der Waals surface area contributed by atoms with E-state index in [0.29, 0.717) is 5.69 Å². The molecular weight excluding hydrogens is 267 g/mol. The number of nitrogens with zero attached hydrogens (tertiary/aromatic N) is 2. The number of rotatable bonds is 1. The lowest BCUT2D eigenvalue weighted by Gasteiger charge is -2.16. The molecule has 2 N–H and O–H groups in total. The van der Waals surface area contributed by atoms with Crippen LogP contribution in [0.15, 0.2) is 24.3 Å². The van der Waals surface area contributed by atoms with Crippen molar-refractivity contribution in [1.29, 1.82) is 0 Å². The molecule has 0 aliphatic carbocycles. The van der Waals surface area contributed by atoms with Gasteiger partial charge in [0.1, 0.15) is 5.82 Å². The predicted molar refractivity (Wildman–Crippen MR) is 68.8 cm³/mol. The Kier molecular flexibility index (Phi) is 5.01. The summed E-state index contributed by atoms with van der Waals surface area (Å²) in [5.74, 6) is -0.405. The molecule has 1 aromatic rings. The van der Waals surface area contributed by atoms with Gasteiger partial charge in [-0.1, -0.05) is 0 Å². The second kappa shape index (κ2) is 6.50. The molecule has 0 bridgehead atoms. The van der Waals surface area contributed by atoms with Crippen LogP contribution >= 0.6 is 0 Å². The summed E-state index contributed by atoms with van der Waals surface area (Å²) in [6.07, 6.45) is -1.46. The summed E-state index contributed by atoms with van der Waals surface area (Å²) in [5, 5.41) is 15.6. The normalized spacial score (nSPS) is 9.60. The molecule has 0 atom stereocenters. The van der Waals surface area contributed by atoms with E-state index in [1.165, 1.54) is 35.9 Å². The van der Waals surface area contributed by atoms with Crippen LogP contribution < -0.4 is 15.7 Å². The number of guanidine groups is 1. The Morgan fingerprint density at radius 3 is 2.25 bits per heavy atom. The average molecular weight is 282 g/mol. The number of amides is 3. The lowest BCUT2D eigenvalue weighted by atomic mass is 10.3. The lowest BCUT2D eigenvalue weighted by Crippen LogP contribution is -2.53. The summed E-state index contributed by atoms with van der Waals surface area (Å²) in [4.78, 5) is 23.3. The van der Waals surface area contributed by atoms with E-state index in [-0.39, 0.29) is 5.96 Å². The van der Waals surface area contributed by atoms with Crippen molar-refractivity contribution in [3.63, 3.8) is 0 Å². The van der Waals surface area contributed by atoms with Crippen molar-refractivity contribution >= 4 is 23.8 Å². The van der Waals surface area contributed by atoms with Crippen molar-refractivity contribution in [2.45, 2.75) is 0 Å². The Labute approximate surface area is 115 Å². The van der Waals surface area contributed by atoms with E-state index in [1.54, 1.807) is 14.1 Å². The molecule has 0 spiro atoms. The number of carbonyl (C=O) groups excluding carboxylic acids is 2. The number of anilines is 1. The zero-order valence-corrected chi connectivity index (χ0v) is 11.3. The monoisotopic (exact) mass is 282 g/mol. The van der Waals surface area contributed by atoms with Crippen LogP contribution in [0.25, 0.3) is 0 Å². The van der Waals surface area contributed by atoms with Crippen LogP contribution in [0, 0.1) is 5.82 Å². The Morgan fingerprint density at radius 2 is 1.80 bits per heavy atom. The molecule has 0 saturated heterocycles. The molecule has 0 unspecified atom stereocenters. The first kappa shape index (κ1) is 15.4. The first-order valence-corrected chi connectivity index (χ1v) is 5.64. The minimum atomic E-state index is -1.46. The van der Waals surface area contributed by atoms with Crippen LogP contribution in [0.3, 0.4) is 0 Å². The summed E-state index contributed by atoms with van der Waals surface area (Å²) in [5.41, 5.74) is 0.373. The summed E-state index contributed by atoms with van der Waals surface area (Å²) < 4.78 is 14.1. The second-order valence-corrected chi connectivity index (χ2v) is 4.13. The van der Waals surface area contributed by atoms with Crippen molar-refractivity contribution in [3.8, 4) is 0 Å². The molecule has 3 amide bonds. The Hall–Kier alpha value is -2.64. The van der Waals surface area contributed by atoms with Gasteiger partial charge in [0.15, 0.2) is 0 Å². The van der Waals surface area contributed by atoms with E-state index in [9.17, 15) is 19.1 Å². The zero-order chi connectivity index (χ0) is 15.3. The largest absolute Gasteiger partial charge is 0.517 e. The highest BCUT2D eigenvalue weighted by Gasteiger charge is 2.20. The summed E-state index contributed by atoms with van der Waals surface area (Å²) in [6, 6.07) is 4.49. The molecule has 0 fully saturated rings. The van der Waals surface area contributed by atoms with Crippen molar-refractivity contribution in [2.24, 2.45) is 0 Å². The molecule has 0 aliphatic heterocycles. The number of nitrogens with one attached hydrogen (secondary N) is 2. The number of hydrogen-bond acceptors (Lipinski definition) is 3. The molecular formula is C12H15FN4O3.